The van der Waals surface area contributed by atoms with Gasteiger partial charge in [0.15, 0.2) is 0 Å². The van der Waals surface area contributed by atoms with Crippen molar-refractivity contribution in [2.45, 2.75) is 133 Å². The fourth-order valence-electron chi connectivity index (χ4n) is 18.2. The number of ether oxygens (including phenoxy) is 1. The molecular formula is C93H90N2O. The van der Waals surface area contributed by atoms with E-state index < -0.39 is 0 Å². The van der Waals surface area contributed by atoms with Crippen LogP contribution in [0.15, 0.2) is 255 Å². The summed E-state index contributed by atoms with van der Waals surface area (Å²) < 4.78 is 9.10. The Balaban J connectivity index is 0.709. The van der Waals surface area contributed by atoms with Crippen LogP contribution in [0.3, 0.4) is 0 Å². The van der Waals surface area contributed by atoms with Gasteiger partial charge < -0.3 is 14.2 Å². The lowest BCUT2D eigenvalue weighted by Crippen LogP contribution is -2.40. The van der Waals surface area contributed by atoms with Crippen LogP contribution in [0, 0.1) is 17.8 Å². The second-order valence-corrected chi connectivity index (χ2v) is 30.0. The van der Waals surface area contributed by atoms with E-state index in [0.717, 1.165) is 81.1 Å². The van der Waals surface area contributed by atoms with Gasteiger partial charge in [-0.2, -0.15) is 0 Å². The summed E-state index contributed by atoms with van der Waals surface area (Å²) in [5.41, 5.74) is 27.2. The van der Waals surface area contributed by atoms with Crippen LogP contribution in [0.2, 0.25) is 0 Å². The van der Waals surface area contributed by atoms with Crippen molar-refractivity contribution in [1.29, 1.82) is 0 Å². The second-order valence-electron chi connectivity index (χ2n) is 30.0. The molecular weight excluding hydrogens is 1160 g/mol. The van der Waals surface area contributed by atoms with Crippen molar-refractivity contribution in [1.82, 2.24) is 4.57 Å². The normalized spacial score (nSPS) is 23.1. The molecule has 0 spiro atoms. The van der Waals surface area contributed by atoms with Crippen LogP contribution in [0.4, 0.5) is 11.4 Å². The molecule has 3 heteroatoms. The summed E-state index contributed by atoms with van der Waals surface area (Å²) in [7, 11) is 0. The Bertz CT molecular complexity index is 4750. The van der Waals surface area contributed by atoms with E-state index in [1.165, 1.54) is 106 Å². The summed E-state index contributed by atoms with van der Waals surface area (Å²) >= 11 is 0. The molecule has 8 aliphatic rings. The number of anilines is 2. The van der Waals surface area contributed by atoms with E-state index >= 15 is 0 Å². The zero-order valence-electron chi connectivity index (χ0n) is 56.8. The fourth-order valence-corrected chi connectivity index (χ4v) is 18.2. The Morgan fingerprint density at radius 2 is 1.35 bits per heavy atom. The van der Waals surface area contributed by atoms with Gasteiger partial charge in [-0.25, -0.2) is 0 Å². The van der Waals surface area contributed by atoms with Crippen LogP contribution >= 0.6 is 0 Å². The molecule has 0 radical (unpaired) electrons. The molecule has 7 unspecified atom stereocenters. The van der Waals surface area contributed by atoms with Gasteiger partial charge in [0.2, 0.25) is 0 Å². The number of fused-ring (bicyclic) bond motifs is 9. The monoisotopic (exact) mass is 1250 g/mol. The third kappa shape index (κ3) is 10.9. The van der Waals surface area contributed by atoms with E-state index in [1.807, 2.05) is 12.2 Å². The van der Waals surface area contributed by atoms with E-state index in [9.17, 15) is 0 Å². The molecule has 8 aliphatic carbocycles. The Morgan fingerprint density at radius 1 is 0.635 bits per heavy atom. The second kappa shape index (κ2) is 25.0. The molecule has 0 amide bonds. The maximum Gasteiger partial charge on any atom is 0.119 e. The van der Waals surface area contributed by atoms with E-state index in [2.05, 4.69) is 306 Å². The van der Waals surface area contributed by atoms with E-state index in [0.29, 0.717) is 36.2 Å². The average Bonchev–Trinajstić information content (AvgIpc) is 1.56. The Kier molecular flexibility index (Phi) is 16.0. The highest BCUT2D eigenvalue weighted by atomic mass is 16.5. The molecule has 1 heterocycles. The molecule has 0 N–H and O–H groups in total. The van der Waals surface area contributed by atoms with Gasteiger partial charge in [0, 0.05) is 73.5 Å². The molecule has 0 bridgehead atoms. The molecule has 0 saturated heterocycles. The summed E-state index contributed by atoms with van der Waals surface area (Å²) in [5, 5.41) is 2.74. The number of allylic oxidation sites excluding steroid dienone is 14. The van der Waals surface area contributed by atoms with Crippen LogP contribution in [-0.2, 0) is 22.7 Å². The first-order valence-corrected chi connectivity index (χ1v) is 35.7. The molecule has 16 rings (SSSR count). The van der Waals surface area contributed by atoms with Crippen molar-refractivity contribution in [2.24, 2.45) is 17.8 Å². The highest BCUT2D eigenvalue weighted by Gasteiger charge is 2.54. The molecule has 1 aromatic heterocycles. The average molecular weight is 1250 g/mol. The summed E-state index contributed by atoms with van der Waals surface area (Å²) in [4.78, 5) is 2.73. The predicted octanol–water partition coefficient (Wildman–Crippen LogP) is 22.0. The first-order chi connectivity index (χ1) is 46.8. The highest BCUT2D eigenvalue weighted by molar-refractivity contribution is 5.92. The Morgan fingerprint density at radius 3 is 2.08 bits per heavy atom. The number of para-hydroxylation sites is 1. The molecule has 0 saturated carbocycles. The molecule has 8 aromatic rings. The molecule has 0 aliphatic heterocycles. The quantitative estimate of drug-likeness (QED) is 0.0897. The van der Waals surface area contributed by atoms with Crippen LogP contribution in [-0.4, -0.2) is 17.2 Å². The van der Waals surface area contributed by atoms with Gasteiger partial charge in [0.05, 0.1) is 6.61 Å². The molecule has 0 fully saturated rings. The van der Waals surface area contributed by atoms with Gasteiger partial charge in [-0.15, -0.1) is 0 Å². The number of benzene rings is 7. The van der Waals surface area contributed by atoms with Gasteiger partial charge in [0.25, 0.3) is 0 Å². The maximum absolute atomic E-state index is 6.53. The number of hydrogen-bond acceptors (Lipinski definition) is 2. The Labute approximate surface area is 570 Å². The van der Waals surface area contributed by atoms with Crippen molar-refractivity contribution < 1.29 is 4.74 Å². The summed E-state index contributed by atoms with van der Waals surface area (Å²) in [6, 6.07) is 62.5. The lowest BCUT2D eigenvalue weighted by atomic mass is 9.60. The number of hydrogen-bond donors (Lipinski definition) is 0. The topological polar surface area (TPSA) is 17.4 Å². The van der Waals surface area contributed by atoms with Crippen LogP contribution < -0.4 is 20.2 Å². The van der Waals surface area contributed by atoms with Crippen molar-refractivity contribution in [2.75, 3.05) is 11.5 Å². The van der Waals surface area contributed by atoms with Gasteiger partial charge >= 0.3 is 0 Å². The standard InChI is InChI=1S/C93H90N2O/c1-8-62-25-29-66(30-26-62)68-39-53-89-83(57-68)84-58-69(40-54-90(84)95(89)74-21-14-11-15-22-74)71-38-51-81-80-50-37-70(59-86(80)92(6,7)87(81)60-71)67-35-45-76(46-36-67)94(75-43-33-65(34-44-75)64-31-41-72(42-32-64)91(3,4)5)77-47-52-82-79-23-16-17-24-85(79)93(88(82)61-77,73-19-12-10-13-20-73)55-18-56-96-78-48-27-63(9-2)28-49-78/h8-17,19,21-35,37,41-44,47-53,57-61,68,71,73,76,79,85H,1-2,18,20,36,38-40,45-46,54-56H2,3-7H3. The Hall–Kier alpha value is -9.44. The minimum Gasteiger partial charge on any atom is -0.494 e. The third-order valence-electron chi connectivity index (χ3n) is 23.3. The lowest BCUT2D eigenvalue weighted by molar-refractivity contribution is 0.201. The largest absolute Gasteiger partial charge is 0.494 e. The summed E-state index contributed by atoms with van der Waals surface area (Å²) in [6.45, 7) is 20.5. The first kappa shape index (κ1) is 61.4. The number of rotatable bonds is 16. The fraction of sp³-hybridized carbons (Fsp3) is 0.269. The smallest absolute Gasteiger partial charge is 0.119 e. The minimum absolute atomic E-state index is 0.100. The molecule has 96 heavy (non-hydrogen) atoms. The number of aromatic nitrogens is 1. The maximum atomic E-state index is 6.53. The zero-order chi connectivity index (χ0) is 65.3. The molecule has 7 atom stereocenters. The van der Waals surface area contributed by atoms with Gasteiger partial charge in [0.1, 0.15) is 5.75 Å². The van der Waals surface area contributed by atoms with Crippen LogP contribution in [0.5, 0.6) is 5.75 Å². The van der Waals surface area contributed by atoms with Crippen LogP contribution in [0.25, 0.3) is 58.3 Å². The van der Waals surface area contributed by atoms with Crippen molar-refractivity contribution in [3.8, 4) is 22.6 Å². The van der Waals surface area contributed by atoms with Gasteiger partial charge in [-0.05, 0) is 214 Å². The van der Waals surface area contributed by atoms with E-state index in [1.54, 1.807) is 5.57 Å². The van der Waals surface area contributed by atoms with Gasteiger partial charge in [-0.3, -0.25) is 0 Å². The van der Waals surface area contributed by atoms with E-state index in [4.69, 9.17) is 4.74 Å². The minimum atomic E-state index is -0.126. The van der Waals surface area contributed by atoms with Crippen molar-refractivity contribution in [3.05, 3.63) is 327 Å². The number of nitrogens with zero attached hydrogens (tertiary/aromatic N) is 2. The molecule has 3 nitrogen and oxygen atoms in total. The van der Waals surface area contributed by atoms with Gasteiger partial charge in [-0.1, -0.05) is 260 Å². The SMILES string of the molecule is C=Cc1ccc(OCCCC2(C3C=CC=CC3)c3cc(N(c4ccc(-c5ccc(C(C)(C)C)cc5)cc4)C4CC=C(c5ccc6c(c5)C(C)(C)C5=CC(C7=Cc8c(n(-c9ccccc9)c9c8=CC(c8ccc(C=C)cc8)CC=9)CC7)CC=C56)CC4)ccc3C3C=CC=CC32)cc1. The van der Waals surface area contributed by atoms with Crippen LogP contribution in [0.1, 0.15) is 166 Å². The molecule has 7 aromatic carbocycles. The zero-order valence-corrected chi connectivity index (χ0v) is 56.8. The van der Waals surface area contributed by atoms with Crippen molar-refractivity contribution >= 4 is 52.9 Å². The summed E-state index contributed by atoms with van der Waals surface area (Å²) in [6.07, 6.45) is 48.7. The first-order valence-electron chi connectivity index (χ1n) is 35.7. The van der Waals surface area contributed by atoms with E-state index in [-0.39, 0.29) is 22.3 Å². The van der Waals surface area contributed by atoms with Crippen molar-refractivity contribution in [3.63, 3.8) is 0 Å². The summed E-state index contributed by atoms with van der Waals surface area (Å²) in [5.74, 6) is 2.62. The predicted molar refractivity (Wildman–Crippen MR) is 406 cm³/mol. The molecule has 478 valence electrons. The third-order valence-corrected chi connectivity index (χ3v) is 23.3. The lowest BCUT2D eigenvalue weighted by Gasteiger charge is -2.44. The highest BCUT2D eigenvalue weighted by Crippen LogP contribution is 2.61.